The molecule has 0 spiro atoms. The number of carbonyl (C=O) groups excluding carboxylic acids is 1. The molecule has 0 aromatic carbocycles. The third-order valence-corrected chi connectivity index (χ3v) is 3.52. The summed E-state index contributed by atoms with van der Waals surface area (Å²) in [7, 11) is 0. The van der Waals surface area contributed by atoms with E-state index in [4.69, 9.17) is 16.3 Å². The van der Waals surface area contributed by atoms with Crippen LogP contribution in [0.2, 0.25) is 0 Å². The molecule has 2 saturated heterocycles. The molecule has 5 nitrogen and oxygen atoms in total. The molecule has 2 fully saturated rings. The molecule has 1 N–H and O–H groups in total. The largest absolute Gasteiger partial charge is 0.379 e. The molecule has 2 heterocycles. The van der Waals surface area contributed by atoms with Crippen molar-refractivity contribution in [2.24, 2.45) is 0 Å². The van der Waals surface area contributed by atoms with E-state index in [9.17, 15) is 4.79 Å². The normalized spacial score (nSPS) is 27.9. The predicted molar refractivity (Wildman–Crippen MR) is 65.6 cm³/mol. The second kappa shape index (κ2) is 6.54. The molecule has 0 aromatic rings. The number of nitrogens with one attached hydrogen (secondary N) is 1. The van der Waals surface area contributed by atoms with E-state index < -0.39 is 0 Å². The Morgan fingerprint density at radius 3 is 2.76 bits per heavy atom. The number of rotatable bonds is 3. The average Bonchev–Trinajstić information content (AvgIpc) is 2.40. The maximum Gasteiger partial charge on any atom is 0.236 e. The van der Waals surface area contributed by atoms with Gasteiger partial charge in [-0.15, -0.1) is 11.6 Å². The Morgan fingerprint density at radius 1 is 1.29 bits per heavy atom. The van der Waals surface area contributed by atoms with Crippen LogP contribution in [0.4, 0.5) is 0 Å². The van der Waals surface area contributed by atoms with Gasteiger partial charge in [0.2, 0.25) is 5.91 Å². The lowest BCUT2D eigenvalue weighted by atomic mass is 10.1. The number of halogens is 1. The molecule has 6 heteroatoms. The minimum absolute atomic E-state index is 0.0352. The lowest BCUT2D eigenvalue weighted by molar-refractivity contribution is -0.141. The standard InChI is InChI=1S/C11H20ClN3O2/c12-9-11(16)13-10-3-1-2-4-15(10)14-5-7-17-8-6-14/h10H,1-9H2,(H,13,16). The maximum atomic E-state index is 11.4. The molecule has 0 bridgehead atoms. The summed E-state index contributed by atoms with van der Waals surface area (Å²) in [5, 5.41) is 7.56. The highest BCUT2D eigenvalue weighted by molar-refractivity contribution is 6.27. The second-order valence-electron chi connectivity index (χ2n) is 4.44. The Labute approximate surface area is 107 Å². The van der Waals surface area contributed by atoms with Crippen LogP contribution in [0.15, 0.2) is 0 Å². The van der Waals surface area contributed by atoms with Gasteiger partial charge in [-0.25, -0.2) is 10.0 Å². The van der Waals surface area contributed by atoms with Gasteiger partial charge in [-0.05, 0) is 19.3 Å². The molecule has 0 saturated carbocycles. The molecule has 2 aliphatic rings. The molecule has 17 heavy (non-hydrogen) atoms. The van der Waals surface area contributed by atoms with Gasteiger partial charge in [-0.3, -0.25) is 4.79 Å². The Bertz CT molecular complexity index is 259. The third-order valence-electron chi connectivity index (χ3n) is 3.27. The first-order valence-electron chi connectivity index (χ1n) is 6.26. The fourth-order valence-electron chi connectivity index (χ4n) is 2.44. The molecule has 2 aliphatic heterocycles. The van der Waals surface area contributed by atoms with E-state index in [1.54, 1.807) is 0 Å². The van der Waals surface area contributed by atoms with Gasteiger partial charge in [0.25, 0.3) is 0 Å². The van der Waals surface area contributed by atoms with Gasteiger partial charge in [0, 0.05) is 19.6 Å². The zero-order chi connectivity index (χ0) is 12.1. The Balaban J connectivity index is 1.93. The number of hydrogen-bond donors (Lipinski definition) is 1. The zero-order valence-electron chi connectivity index (χ0n) is 10.0. The monoisotopic (exact) mass is 261 g/mol. The van der Waals surface area contributed by atoms with Crippen LogP contribution in [-0.2, 0) is 9.53 Å². The number of hydrazine groups is 1. The number of nitrogens with zero attached hydrogens (tertiary/aromatic N) is 2. The number of amides is 1. The van der Waals surface area contributed by atoms with Crippen LogP contribution in [0.5, 0.6) is 0 Å². The van der Waals surface area contributed by atoms with Gasteiger partial charge < -0.3 is 10.1 Å². The van der Waals surface area contributed by atoms with E-state index in [0.29, 0.717) is 0 Å². The summed E-state index contributed by atoms with van der Waals surface area (Å²) in [4.78, 5) is 11.4. The van der Waals surface area contributed by atoms with Gasteiger partial charge in [-0.1, -0.05) is 0 Å². The minimum Gasteiger partial charge on any atom is -0.379 e. The number of alkyl halides is 1. The average molecular weight is 262 g/mol. The minimum atomic E-state index is -0.0863. The number of piperidine rings is 1. The van der Waals surface area contributed by atoms with E-state index in [0.717, 1.165) is 45.7 Å². The van der Waals surface area contributed by atoms with Crippen molar-refractivity contribution in [1.29, 1.82) is 0 Å². The Morgan fingerprint density at radius 2 is 2.06 bits per heavy atom. The van der Waals surface area contributed by atoms with Gasteiger partial charge in [0.05, 0.1) is 19.4 Å². The SMILES string of the molecule is O=C(CCl)NC1CCCCN1N1CCOCC1. The molecular formula is C11H20ClN3O2. The van der Waals surface area contributed by atoms with Gasteiger partial charge in [0.15, 0.2) is 0 Å². The van der Waals surface area contributed by atoms with Crippen molar-refractivity contribution in [3.05, 3.63) is 0 Å². The molecule has 1 amide bonds. The van der Waals surface area contributed by atoms with E-state index in [2.05, 4.69) is 15.3 Å². The van der Waals surface area contributed by atoms with Crippen LogP contribution < -0.4 is 5.32 Å². The first-order valence-corrected chi connectivity index (χ1v) is 6.79. The third kappa shape index (κ3) is 3.55. The summed E-state index contributed by atoms with van der Waals surface area (Å²) in [5.74, 6) is -0.0511. The molecule has 98 valence electrons. The van der Waals surface area contributed by atoms with Crippen molar-refractivity contribution in [1.82, 2.24) is 15.3 Å². The molecule has 1 unspecified atom stereocenters. The number of morpholine rings is 1. The topological polar surface area (TPSA) is 44.8 Å². The van der Waals surface area contributed by atoms with Crippen molar-refractivity contribution < 1.29 is 9.53 Å². The molecule has 2 rings (SSSR count). The summed E-state index contributed by atoms with van der Waals surface area (Å²) in [5.41, 5.74) is 0. The van der Waals surface area contributed by atoms with Crippen LogP contribution in [0.1, 0.15) is 19.3 Å². The first kappa shape index (κ1) is 13.1. The summed E-state index contributed by atoms with van der Waals surface area (Å²) >= 11 is 5.54. The van der Waals surface area contributed by atoms with Crippen molar-refractivity contribution in [2.45, 2.75) is 25.4 Å². The Hall–Kier alpha value is -0.360. The van der Waals surface area contributed by atoms with Crippen LogP contribution >= 0.6 is 11.6 Å². The van der Waals surface area contributed by atoms with E-state index in [1.807, 2.05) is 0 Å². The lowest BCUT2D eigenvalue weighted by Gasteiger charge is -2.44. The quantitative estimate of drug-likeness (QED) is 0.747. The molecule has 1 atom stereocenters. The van der Waals surface area contributed by atoms with Crippen LogP contribution in [-0.4, -0.2) is 60.8 Å². The summed E-state index contributed by atoms with van der Waals surface area (Å²) in [6.07, 6.45) is 3.45. The van der Waals surface area contributed by atoms with Gasteiger partial charge in [-0.2, -0.15) is 0 Å². The maximum absolute atomic E-state index is 11.4. The number of carbonyl (C=O) groups is 1. The van der Waals surface area contributed by atoms with Gasteiger partial charge in [0.1, 0.15) is 5.88 Å². The van der Waals surface area contributed by atoms with Crippen molar-refractivity contribution in [3.63, 3.8) is 0 Å². The van der Waals surface area contributed by atoms with Crippen molar-refractivity contribution in [2.75, 3.05) is 38.7 Å². The summed E-state index contributed by atoms with van der Waals surface area (Å²) in [6, 6.07) is 0. The smallest absolute Gasteiger partial charge is 0.236 e. The van der Waals surface area contributed by atoms with Crippen molar-refractivity contribution >= 4 is 17.5 Å². The molecule has 0 radical (unpaired) electrons. The highest BCUT2D eigenvalue weighted by atomic mass is 35.5. The molecule has 0 aliphatic carbocycles. The Kier molecular flexibility index (Phi) is 5.03. The first-order chi connectivity index (χ1) is 8.31. The molecular weight excluding hydrogens is 242 g/mol. The highest BCUT2D eigenvalue weighted by Gasteiger charge is 2.29. The van der Waals surface area contributed by atoms with Gasteiger partial charge >= 0.3 is 0 Å². The van der Waals surface area contributed by atoms with Crippen LogP contribution in [0, 0.1) is 0 Å². The summed E-state index contributed by atoms with van der Waals surface area (Å²) < 4.78 is 5.35. The zero-order valence-corrected chi connectivity index (χ0v) is 10.8. The second-order valence-corrected chi connectivity index (χ2v) is 4.71. The fourth-order valence-corrected chi connectivity index (χ4v) is 2.51. The van der Waals surface area contributed by atoms with Crippen molar-refractivity contribution in [3.8, 4) is 0 Å². The molecule has 0 aromatic heterocycles. The van der Waals surface area contributed by atoms with E-state index in [-0.39, 0.29) is 18.0 Å². The number of hydrogen-bond acceptors (Lipinski definition) is 4. The van der Waals surface area contributed by atoms with E-state index >= 15 is 0 Å². The van der Waals surface area contributed by atoms with Crippen LogP contribution in [0.25, 0.3) is 0 Å². The predicted octanol–water partition coefficient (Wildman–Crippen LogP) is 0.401. The van der Waals surface area contributed by atoms with Crippen LogP contribution in [0.3, 0.4) is 0 Å². The fraction of sp³-hybridized carbons (Fsp3) is 0.909. The summed E-state index contributed by atoms with van der Waals surface area (Å²) in [6.45, 7) is 4.37. The number of ether oxygens (including phenoxy) is 1. The lowest BCUT2D eigenvalue weighted by Crippen LogP contribution is -2.60. The highest BCUT2D eigenvalue weighted by Crippen LogP contribution is 2.18. The van der Waals surface area contributed by atoms with E-state index in [1.165, 1.54) is 6.42 Å².